The van der Waals surface area contributed by atoms with Gasteiger partial charge in [-0.25, -0.2) is 0 Å². The predicted molar refractivity (Wildman–Crippen MR) is 100 cm³/mol. The van der Waals surface area contributed by atoms with E-state index in [1.807, 2.05) is 18.2 Å². The maximum atomic E-state index is 12.1. The molecule has 1 aliphatic rings. The topological polar surface area (TPSA) is 112 Å². The lowest BCUT2D eigenvalue weighted by atomic mass is 10.2. The molecule has 2 amide bonds. The molecule has 1 heterocycles. The van der Waals surface area contributed by atoms with E-state index in [1.165, 1.54) is 0 Å². The number of nitrogens with one attached hydrogen (secondary N) is 2. The number of hydrogen-bond acceptors (Lipinski definition) is 7. The first kappa shape index (κ1) is 20.0. The summed E-state index contributed by atoms with van der Waals surface area (Å²) < 4.78 is 21.1. The van der Waals surface area contributed by atoms with Gasteiger partial charge in [-0.3, -0.25) is 25.2 Å². The number of ether oxygens (including phenoxy) is 4. The fourth-order valence-corrected chi connectivity index (χ4v) is 2.38. The van der Waals surface area contributed by atoms with Crippen LogP contribution in [0, 0.1) is 0 Å². The summed E-state index contributed by atoms with van der Waals surface area (Å²) in [4.78, 5) is 35.4. The van der Waals surface area contributed by atoms with Crippen LogP contribution in [0.2, 0.25) is 0 Å². The van der Waals surface area contributed by atoms with E-state index in [0.29, 0.717) is 17.2 Å². The zero-order chi connectivity index (χ0) is 20.5. The van der Waals surface area contributed by atoms with E-state index in [9.17, 15) is 14.4 Å². The van der Waals surface area contributed by atoms with Gasteiger partial charge in [-0.15, -0.1) is 0 Å². The van der Waals surface area contributed by atoms with Gasteiger partial charge in [-0.1, -0.05) is 30.3 Å². The number of para-hydroxylation sites is 3. The fourth-order valence-electron chi connectivity index (χ4n) is 2.38. The van der Waals surface area contributed by atoms with Crippen LogP contribution in [0.5, 0.6) is 17.2 Å². The Morgan fingerprint density at radius 3 is 2.48 bits per heavy atom. The molecule has 29 heavy (non-hydrogen) atoms. The monoisotopic (exact) mass is 400 g/mol. The maximum absolute atomic E-state index is 12.1. The first-order valence-electron chi connectivity index (χ1n) is 8.92. The van der Waals surface area contributed by atoms with Crippen LogP contribution >= 0.6 is 0 Å². The van der Waals surface area contributed by atoms with Gasteiger partial charge in [0.05, 0.1) is 13.0 Å². The minimum Gasteiger partial charge on any atom is -0.493 e. The number of fused-ring (bicyclic) bond motifs is 1. The molecule has 9 nitrogen and oxygen atoms in total. The van der Waals surface area contributed by atoms with Crippen LogP contribution in [0.15, 0.2) is 54.6 Å². The van der Waals surface area contributed by atoms with Crippen LogP contribution in [-0.2, 0) is 19.1 Å². The van der Waals surface area contributed by atoms with E-state index in [2.05, 4.69) is 10.9 Å². The van der Waals surface area contributed by atoms with E-state index >= 15 is 0 Å². The molecule has 0 saturated heterocycles. The minimum absolute atomic E-state index is 0.00905. The Kier molecular flexibility index (Phi) is 6.88. The Bertz CT molecular complexity index is 857. The van der Waals surface area contributed by atoms with Crippen molar-refractivity contribution in [2.75, 3.05) is 19.8 Å². The molecule has 0 spiro atoms. The summed E-state index contributed by atoms with van der Waals surface area (Å²) in [6, 6.07) is 16.0. The largest absolute Gasteiger partial charge is 0.493 e. The van der Waals surface area contributed by atoms with Gasteiger partial charge in [-0.2, -0.15) is 0 Å². The van der Waals surface area contributed by atoms with Crippen molar-refractivity contribution >= 4 is 17.8 Å². The third kappa shape index (κ3) is 6.13. The molecule has 0 fully saturated rings. The third-order valence-corrected chi connectivity index (χ3v) is 3.81. The Labute approximate surface area is 166 Å². The molecular formula is C20H20N2O7. The summed E-state index contributed by atoms with van der Waals surface area (Å²) in [6.45, 7) is -0.397. The highest BCUT2D eigenvalue weighted by molar-refractivity contribution is 5.86. The van der Waals surface area contributed by atoms with E-state index < -0.39 is 30.5 Å². The first-order chi connectivity index (χ1) is 14.1. The van der Waals surface area contributed by atoms with Crippen molar-refractivity contribution in [1.82, 2.24) is 10.9 Å². The van der Waals surface area contributed by atoms with Gasteiger partial charge in [0.15, 0.2) is 18.1 Å². The maximum Gasteiger partial charge on any atom is 0.309 e. The van der Waals surface area contributed by atoms with E-state index in [1.54, 1.807) is 36.4 Å². The van der Waals surface area contributed by atoms with Gasteiger partial charge in [-0.05, 0) is 24.3 Å². The van der Waals surface area contributed by atoms with Gasteiger partial charge in [0, 0.05) is 0 Å². The first-order valence-corrected chi connectivity index (χ1v) is 8.92. The van der Waals surface area contributed by atoms with Gasteiger partial charge in [0.25, 0.3) is 11.8 Å². The molecule has 1 atom stereocenters. The Hall–Kier alpha value is -3.75. The summed E-state index contributed by atoms with van der Waals surface area (Å²) >= 11 is 0. The van der Waals surface area contributed by atoms with Crippen LogP contribution in [0.25, 0.3) is 0 Å². The Balaban J connectivity index is 1.30. The summed E-state index contributed by atoms with van der Waals surface area (Å²) in [5.41, 5.74) is 4.37. The summed E-state index contributed by atoms with van der Waals surface area (Å²) in [5.74, 6) is -0.246. The number of carbonyl (C=O) groups excluding carboxylic acids is 3. The second kappa shape index (κ2) is 9.98. The van der Waals surface area contributed by atoms with Crippen molar-refractivity contribution in [2.45, 2.75) is 12.5 Å². The van der Waals surface area contributed by atoms with Gasteiger partial charge >= 0.3 is 5.97 Å². The molecule has 0 bridgehead atoms. The molecule has 1 unspecified atom stereocenters. The van der Waals surface area contributed by atoms with Gasteiger partial charge in [0.1, 0.15) is 12.4 Å². The van der Waals surface area contributed by atoms with Crippen molar-refractivity contribution in [1.29, 1.82) is 0 Å². The van der Waals surface area contributed by atoms with Crippen molar-refractivity contribution in [3.8, 4) is 17.2 Å². The molecule has 0 saturated carbocycles. The zero-order valence-corrected chi connectivity index (χ0v) is 15.5. The van der Waals surface area contributed by atoms with Crippen molar-refractivity contribution in [3.63, 3.8) is 0 Å². The zero-order valence-electron chi connectivity index (χ0n) is 15.5. The van der Waals surface area contributed by atoms with Gasteiger partial charge in [0.2, 0.25) is 6.10 Å². The Morgan fingerprint density at radius 1 is 0.966 bits per heavy atom. The average Bonchev–Trinajstić information content (AvgIpc) is 2.76. The molecule has 0 aromatic heterocycles. The lowest BCUT2D eigenvalue weighted by molar-refractivity contribution is -0.149. The second-order valence-electron chi connectivity index (χ2n) is 5.97. The lowest BCUT2D eigenvalue weighted by Gasteiger charge is -2.25. The van der Waals surface area contributed by atoms with Crippen LogP contribution in [0.1, 0.15) is 6.42 Å². The summed E-state index contributed by atoms with van der Waals surface area (Å²) in [7, 11) is 0. The quantitative estimate of drug-likeness (QED) is 0.526. The Morgan fingerprint density at radius 2 is 1.69 bits per heavy atom. The molecule has 2 aromatic carbocycles. The molecule has 1 aliphatic heterocycles. The van der Waals surface area contributed by atoms with Crippen LogP contribution in [0.4, 0.5) is 0 Å². The molecule has 9 heteroatoms. The smallest absolute Gasteiger partial charge is 0.309 e. The number of rotatable bonds is 7. The fraction of sp³-hybridized carbons (Fsp3) is 0.250. The molecule has 152 valence electrons. The van der Waals surface area contributed by atoms with Crippen molar-refractivity contribution in [2.24, 2.45) is 0 Å². The average molecular weight is 400 g/mol. The molecule has 2 aromatic rings. The SMILES string of the molecule is O=C(COC(=O)CCOc1ccccc1)NNC(=O)C1COc2ccccc2O1. The number of hydrazine groups is 1. The second-order valence-corrected chi connectivity index (χ2v) is 5.97. The van der Waals surface area contributed by atoms with Crippen LogP contribution in [0.3, 0.4) is 0 Å². The molecule has 3 rings (SSSR count). The number of benzene rings is 2. The summed E-state index contributed by atoms with van der Waals surface area (Å²) in [5, 5.41) is 0. The van der Waals surface area contributed by atoms with Crippen molar-refractivity contribution < 1.29 is 33.3 Å². The van der Waals surface area contributed by atoms with E-state index in [-0.39, 0.29) is 19.6 Å². The highest BCUT2D eigenvalue weighted by atomic mass is 16.6. The molecule has 2 N–H and O–H groups in total. The van der Waals surface area contributed by atoms with Crippen LogP contribution in [-0.4, -0.2) is 43.7 Å². The summed E-state index contributed by atoms with van der Waals surface area (Å²) in [6.07, 6.45) is -0.927. The predicted octanol–water partition coefficient (Wildman–Crippen LogP) is 0.986. The molecular weight excluding hydrogens is 380 g/mol. The third-order valence-electron chi connectivity index (χ3n) is 3.81. The lowest BCUT2D eigenvalue weighted by Crippen LogP contribution is -2.51. The number of hydrogen-bond donors (Lipinski definition) is 2. The number of esters is 1. The highest BCUT2D eigenvalue weighted by Crippen LogP contribution is 2.30. The minimum atomic E-state index is -0.914. The van der Waals surface area contributed by atoms with Gasteiger partial charge < -0.3 is 18.9 Å². The normalized spacial score (nSPS) is 14.4. The standard InChI is InChI=1S/C20H20N2O7/c23-18(13-28-19(24)10-11-26-14-6-2-1-3-7-14)21-22-20(25)17-12-27-15-8-4-5-9-16(15)29-17/h1-9,17H,10-13H2,(H,21,23)(H,22,25). The van der Waals surface area contributed by atoms with E-state index in [0.717, 1.165) is 0 Å². The number of amides is 2. The number of carbonyl (C=O) groups is 3. The van der Waals surface area contributed by atoms with E-state index in [4.69, 9.17) is 18.9 Å². The molecule has 0 aliphatic carbocycles. The van der Waals surface area contributed by atoms with Crippen molar-refractivity contribution in [3.05, 3.63) is 54.6 Å². The van der Waals surface area contributed by atoms with Crippen LogP contribution < -0.4 is 25.1 Å². The highest BCUT2D eigenvalue weighted by Gasteiger charge is 2.27. The molecule has 0 radical (unpaired) electrons.